The van der Waals surface area contributed by atoms with Crippen molar-refractivity contribution in [2.75, 3.05) is 19.6 Å². The Bertz CT molecular complexity index is 197. The number of carboxylic acid groups (broad SMARTS) is 1. The first kappa shape index (κ1) is 11.5. The molecule has 2 unspecified atom stereocenters. The Balaban J connectivity index is 2.43. The lowest BCUT2D eigenvalue weighted by molar-refractivity contribution is -0.137. The molecule has 0 saturated carbocycles. The van der Waals surface area contributed by atoms with Crippen LogP contribution in [0.4, 0.5) is 0 Å². The molecule has 4 heteroatoms. The molecule has 0 aromatic rings. The standard InChI is InChI=1S/C10H20N2O2/c1-8-3-2-5-12(9(8)7-11)6-4-10(13)14/h8-9H,2-7,11H2,1H3,(H,13,14). The third-order valence-electron chi connectivity index (χ3n) is 3.09. The number of hydrogen-bond donors (Lipinski definition) is 2. The predicted octanol–water partition coefficient (Wildman–Crippen LogP) is 0.520. The zero-order chi connectivity index (χ0) is 10.6. The van der Waals surface area contributed by atoms with Gasteiger partial charge in [0.05, 0.1) is 6.42 Å². The summed E-state index contributed by atoms with van der Waals surface area (Å²) in [5.41, 5.74) is 5.70. The normalized spacial score (nSPS) is 29.0. The van der Waals surface area contributed by atoms with Crippen molar-refractivity contribution in [2.45, 2.75) is 32.2 Å². The maximum atomic E-state index is 10.5. The molecule has 1 rings (SSSR count). The van der Waals surface area contributed by atoms with Crippen LogP contribution in [-0.2, 0) is 4.79 Å². The molecule has 0 aromatic carbocycles. The summed E-state index contributed by atoms with van der Waals surface area (Å²) in [6.45, 7) is 4.48. The van der Waals surface area contributed by atoms with Crippen LogP contribution < -0.4 is 5.73 Å². The monoisotopic (exact) mass is 200 g/mol. The van der Waals surface area contributed by atoms with Gasteiger partial charge in [-0.3, -0.25) is 9.69 Å². The Morgan fingerprint density at radius 2 is 2.36 bits per heavy atom. The molecule has 1 fully saturated rings. The molecule has 0 bridgehead atoms. The summed E-state index contributed by atoms with van der Waals surface area (Å²) in [5, 5.41) is 8.61. The van der Waals surface area contributed by atoms with Crippen molar-refractivity contribution in [3.05, 3.63) is 0 Å². The van der Waals surface area contributed by atoms with Gasteiger partial charge in [-0.15, -0.1) is 0 Å². The van der Waals surface area contributed by atoms with Crippen LogP contribution in [0.25, 0.3) is 0 Å². The van der Waals surface area contributed by atoms with Crippen molar-refractivity contribution in [1.82, 2.24) is 4.90 Å². The molecule has 0 spiro atoms. The van der Waals surface area contributed by atoms with E-state index in [-0.39, 0.29) is 6.42 Å². The number of aliphatic carboxylic acids is 1. The summed E-state index contributed by atoms with van der Waals surface area (Å²) < 4.78 is 0. The average Bonchev–Trinajstić information content (AvgIpc) is 2.14. The molecule has 0 radical (unpaired) electrons. The van der Waals surface area contributed by atoms with Gasteiger partial charge in [0.2, 0.25) is 0 Å². The predicted molar refractivity (Wildman–Crippen MR) is 55.1 cm³/mol. The SMILES string of the molecule is CC1CCCN(CCC(=O)O)C1CN. The number of nitrogens with zero attached hydrogens (tertiary/aromatic N) is 1. The first-order valence-corrected chi connectivity index (χ1v) is 5.31. The summed E-state index contributed by atoms with van der Waals surface area (Å²) in [5.74, 6) is -0.124. The van der Waals surface area contributed by atoms with Crippen molar-refractivity contribution in [2.24, 2.45) is 11.7 Å². The third kappa shape index (κ3) is 2.96. The molecule has 1 aliphatic rings. The quantitative estimate of drug-likeness (QED) is 0.694. The minimum absolute atomic E-state index is 0.225. The van der Waals surface area contributed by atoms with Gasteiger partial charge >= 0.3 is 5.97 Å². The van der Waals surface area contributed by atoms with E-state index in [0.717, 1.165) is 13.0 Å². The zero-order valence-electron chi connectivity index (χ0n) is 8.78. The first-order valence-electron chi connectivity index (χ1n) is 5.31. The van der Waals surface area contributed by atoms with Crippen LogP contribution in [-0.4, -0.2) is 41.7 Å². The fraction of sp³-hybridized carbons (Fsp3) is 0.900. The van der Waals surface area contributed by atoms with Crippen LogP contribution in [0.1, 0.15) is 26.2 Å². The van der Waals surface area contributed by atoms with E-state index in [0.29, 0.717) is 25.0 Å². The Labute approximate surface area is 85.1 Å². The largest absolute Gasteiger partial charge is 0.481 e. The summed E-state index contributed by atoms with van der Waals surface area (Å²) >= 11 is 0. The maximum Gasteiger partial charge on any atom is 0.304 e. The van der Waals surface area contributed by atoms with Crippen LogP contribution in [0.3, 0.4) is 0 Å². The van der Waals surface area contributed by atoms with Crippen LogP contribution >= 0.6 is 0 Å². The topological polar surface area (TPSA) is 66.6 Å². The summed E-state index contributed by atoms with van der Waals surface area (Å²) in [4.78, 5) is 12.7. The molecule has 0 amide bonds. The summed E-state index contributed by atoms with van der Waals surface area (Å²) in [6, 6.07) is 0.378. The van der Waals surface area contributed by atoms with E-state index in [4.69, 9.17) is 10.8 Å². The lowest BCUT2D eigenvalue weighted by Crippen LogP contribution is -2.49. The van der Waals surface area contributed by atoms with Crippen molar-refractivity contribution >= 4 is 5.97 Å². The fourth-order valence-corrected chi connectivity index (χ4v) is 2.23. The molecular formula is C10H20N2O2. The Hall–Kier alpha value is -0.610. The molecule has 3 N–H and O–H groups in total. The second kappa shape index (κ2) is 5.32. The van der Waals surface area contributed by atoms with Crippen molar-refractivity contribution in [3.8, 4) is 0 Å². The molecule has 1 saturated heterocycles. The molecule has 14 heavy (non-hydrogen) atoms. The fourth-order valence-electron chi connectivity index (χ4n) is 2.23. The van der Waals surface area contributed by atoms with Gasteiger partial charge in [0.15, 0.2) is 0 Å². The van der Waals surface area contributed by atoms with E-state index in [9.17, 15) is 4.79 Å². The van der Waals surface area contributed by atoms with Gasteiger partial charge in [0.25, 0.3) is 0 Å². The van der Waals surface area contributed by atoms with E-state index in [1.54, 1.807) is 0 Å². The lowest BCUT2D eigenvalue weighted by Gasteiger charge is -2.39. The van der Waals surface area contributed by atoms with Crippen LogP contribution in [0.15, 0.2) is 0 Å². The molecule has 0 aliphatic carbocycles. The second-order valence-corrected chi connectivity index (χ2v) is 4.10. The van der Waals surface area contributed by atoms with Gasteiger partial charge in [0.1, 0.15) is 0 Å². The number of hydrogen-bond acceptors (Lipinski definition) is 3. The van der Waals surface area contributed by atoms with Gasteiger partial charge in [-0.1, -0.05) is 6.92 Å². The van der Waals surface area contributed by atoms with Gasteiger partial charge in [-0.05, 0) is 25.3 Å². The van der Waals surface area contributed by atoms with Gasteiger partial charge < -0.3 is 10.8 Å². The average molecular weight is 200 g/mol. The minimum atomic E-state index is -0.723. The summed E-state index contributed by atoms with van der Waals surface area (Å²) in [6.07, 6.45) is 2.60. The van der Waals surface area contributed by atoms with Gasteiger partial charge in [-0.25, -0.2) is 0 Å². The zero-order valence-corrected chi connectivity index (χ0v) is 8.78. The van der Waals surface area contributed by atoms with Crippen molar-refractivity contribution in [1.29, 1.82) is 0 Å². The lowest BCUT2D eigenvalue weighted by atomic mass is 9.91. The molecule has 82 valence electrons. The highest BCUT2D eigenvalue weighted by molar-refractivity contribution is 5.66. The number of likely N-dealkylation sites (tertiary alicyclic amines) is 1. The number of rotatable bonds is 4. The highest BCUT2D eigenvalue weighted by atomic mass is 16.4. The molecule has 1 heterocycles. The van der Waals surface area contributed by atoms with Gasteiger partial charge in [-0.2, -0.15) is 0 Å². The minimum Gasteiger partial charge on any atom is -0.481 e. The van der Waals surface area contributed by atoms with E-state index >= 15 is 0 Å². The second-order valence-electron chi connectivity index (χ2n) is 4.10. The molecule has 0 aromatic heterocycles. The van der Waals surface area contributed by atoms with Crippen LogP contribution in [0.5, 0.6) is 0 Å². The Kier molecular flexibility index (Phi) is 4.35. The molecule has 1 aliphatic heterocycles. The number of carbonyl (C=O) groups is 1. The van der Waals surface area contributed by atoms with Crippen molar-refractivity contribution in [3.63, 3.8) is 0 Å². The maximum absolute atomic E-state index is 10.5. The highest BCUT2D eigenvalue weighted by Crippen LogP contribution is 2.22. The van der Waals surface area contributed by atoms with E-state index in [1.165, 1.54) is 6.42 Å². The molecule has 4 nitrogen and oxygen atoms in total. The van der Waals surface area contributed by atoms with Crippen LogP contribution in [0, 0.1) is 5.92 Å². The Morgan fingerprint density at radius 1 is 1.64 bits per heavy atom. The van der Waals surface area contributed by atoms with E-state index in [2.05, 4.69) is 11.8 Å². The first-order chi connectivity index (χ1) is 6.65. The molecule has 2 atom stereocenters. The Morgan fingerprint density at radius 3 is 2.93 bits per heavy atom. The smallest absolute Gasteiger partial charge is 0.304 e. The third-order valence-corrected chi connectivity index (χ3v) is 3.09. The van der Waals surface area contributed by atoms with Crippen molar-refractivity contribution < 1.29 is 9.90 Å². The summed E-state index contributed by atoms with van der Waals surface area (Å²) in [7, 11) is 0. The highest BCUT2D eigenvalue weighted by Gasteiger charge is 2.27. The van der Waals surface area contributed by atoms with E-state index in [1.807, 2.05) is 0 Å². The number of piperidine rings is 1. The number of nitrogens with two attached hydrogens (primary N) is 1. The molecular weight excluding hydrogens is 180 g/mol. The number of carboxylic acids is 1. The van der Waals surface area contributed by atoms with Crippen LogP contribution in [0.2, 0.25) is 0 Å². The van der Waals surface area contributed by atoms with Gasteiger partial charge in [0, 0.05) is 19.1 Å². The van der Waals surface area contributed by atoms with E-state index < -0.39 is 5.97 Å².